The number of hydrogen-bond acceptors (Lipinski definition) is 2. The van der Waals surface area contributed by atoms with Gasteiger partial charge in [0.25, 0.3) is 5.91 Å². The molecular weight excluding hydrogens is 176 g/mol. The smallest absolute Gasteiger partial charge is 0.268 e. The summed E-state index contributed by atoms with van der Waals surface area (Å²) in [6.07, 6.45) is 1.06. The molecule has 1 saturated heterocycles. The molecule has 0 N–H and O–H groups in total. The number of hydrazine groups is 1. The second-order valence-electron chi connectivity index (χ2n) is 3.53. The topological polar surface area (TPSA) is 23.6 Å². The van der Waals surface area contributed by atoms with Crippen molar-refractivity contribution in [2.24, 2.45) is 0 Å². The molecule has 0 aliphatic carbocycles. The molecule has 0 unspecified atom stereocenters. The number of hydrogen-bond donors (Lipinski definition) is 0. The SMILES string of the molecule is CN1CCCN1C(=O)c1ccccc1. The fourth-order valence-electron chi connectivity index (χ4n) is 1.73. The van der Waals surface area contributed by atoms with Gasteiger partial charge in [0, 0.05) is 25.7 Å². The zero-order chi connectivity index (χ0) is 9.97. The lowest BCUT2D eigenvalue weighted by Gasteiger charge is -2.23. The number of carbonyl (C=O) groups is 1. The van der Waals surface area contributed by atoms with E-state index in [9.17, 15) is 4.79 Å². The van der Waals surface area contributed by atoms with Gasteiger partial charge in [-0.3, -0.25) is 9.80 Å². The first kappa shape index (κ1) is 9.21. The van der Waals surface area contributed by atoms with Gasteiger partial charge in [-0.1, -0.05) is 18.2 Å². The summed E-state index contributed by atoms with van der Waals surface area (Å²) in [4.78, 5) is 11.9. The lowest BCUT2D eigenvalue weighted by Crippen LogP contribution is -2.38. The predicted octanol–water partition coefficient (Wildman–Crippen LogP) is 1.38. The summed E-state index contributed by atoms with van der Waals surface area (Å²) in [7, 11) is 1.95. The Morgan fingerprint density at radius 3 is 2.50 bits per heavy atom. The Balaban J connectivity index is 2.16. The van der Waals surface area contributed by atoms with Gasteiger partial charge in [0.05, 0.1) is 0 Å². The Kier molecular flexibility index (Phi) is 2.50. The fourth-order valence-corrected chi connectivity index (χ4v) is 1.73. The molecule has 0 saturated carbocycles. The van der Waals surface area contributed by atoms with Gasteiger partial charge in [-0.25, -0.2) is 5.01 Å². The first-order valence-electron chi connectivity index (χ1n) is 4.87. The molecule has 1 fully saturated rings. The molecule has 0 radical (unpaired) electrons. The molecule has 1 aliphatic heterocycles. The Bertz CT molecular complexity index is 323. The quantitative estimate of drug-likeness (QED) is 0.668. The fraction of sp³-hybridized carbons (Fsp3) is 0.364. The molecule has 0 atom stereocenters. The van der Waals surface area contributed by atoms with Crippen LogP contribution in [0.2, 0.25) is 0 Å². The van der Waals surface area contributed by atoms with Crippen LogP contribution in [0.15, 0.2) is 30.3 Å². The van der Waals surface area contributed by atoms with Crippen LogP contribution in [0.4, 0.5) is 0 Å². The van der Waals surface area contributed by atoms with Crippen molar-refractivity contribution in [1.82, 2.24) is 10.0 Å². The Morgan fingerprint density at radius 2 is 1.93 bits per heavy atom. The number of carbonyl (C=O) groups excluding carboxylic acids is 1. The highest BCUT2D eigenvalue weighted by molar-refractivity contribution is 5.93. The van der Waals surface area contributed by atoms with Gasteiger partial charge in [0.15, 0.2) is 0 Å². The van der Waals surface area contributed by atoms with Gasteiger partial charge in [-0.15, -0.1) is 0 Å². The summed E-state index contributed by atoms with van der Waals surface area (Å²) in [5, 5.41) is 3.78. The van der Waals surface area contributed by atoms with E-state index in [1.807, 2.05) is 42.4 Å². The van der Waals surface area contributed by atoms with Crippen LogP contribution in [0, 0.1) is 0 Å². The summed E-state index contributed by atoms with van der Waals surface area (Å²) in [6, 6.07) is 9.42. The zero-order valence-electron chi connectivity index (χ0n) is 8.31. The third kappa shape index (κ3) is 1.63. The molecule has 1 aromatic rings. The minimum Gasteiger partial charge on any atom is -0.271 e. The van der Waals surface area contributed by atoms with Crippen LogP contribution in [0.3, 0.4) is 0 Å². The van der Waals surface area contributed by atoms with Crippen LogP contribution in [0.25, 0.3) is 0 Å². The van der Waals surface area contributed by atoms with E-state index < -0.39 is 0 Å². The average Bonchev–Trinajstić information content (AvgIpc) is 2.65. The van der Waals surface area contributed by atoms with E-state index in [1.54, 1.807) is 5.01 Å². The molecular formula is C11H14N2O. The van der Waals surface area contributed by atoms with Gasteiger partial charge in [-0.2, -0.15) is 0 Å². The van der Waals surface area contributed by atoms with Crippen LogP contribution in [0.1, 0.15) is 16.8 Å². The minimum absolute atomic E-state index is 0.102. The summed E-state index contributed by atoms with van der Waals surface area (Å²) in [6.45, 7) is 1.81. The number of benzene rings is 1. The molecule has 3 heteroatoms. The Hall–Kier alpha value is -1.35. The molecule has 1 heterocycles. The number of amides is 1. The van der Waals surface area contributed by atoms with Crippen molar-refractivity contribution in [2.75, 3.05) is 20.1 Å². The van der Waals surface area contributed by atoms with E-state index in [0.29, 0.717) is 0 Å². The van der Waals surface area contributed by atoms with Crippen LogP contribution >= 0.6 is 0 Å². The van der Waals surface area contributed by atoms with E-state index in [4.69, 9.17) is 0 Å². The highest BCUT2D eigenvalue weighted by Crippen LogP contribution is 2.12. The Labute approximate surface area is 83.9 Å². The number of rotatable bonds is 1. The largest absolute Gasteiger partial charge is 0.271 e. The molecule has 0 aromatic heterocycles. The molecule has 2 rings (SSSR count). The van der Waals surface area contributed by atoms with Crippen molar-refractivity contribution in [3.8, 4) is 0 Å². The van der Waals surface area contributed by atoms with Crippen molar-refractivity contribution in [3.05, 3.63) is 35.9 Å². The standard InChI is InChI=1S/C11H14N2O/c1-12-8-5-9-13(12)11(14)10-6-3-2-4-7-10/h2-4,6-7H,5,8-9H2,1H3. The first-order chi connectivity index (χ1) is 6.79. The van der Waals surface area contributed by atoms with Crippen molar-refractivity contribution in [1.29, 1.82) is 0 Å². The summed E-state index contributed by atoms with van der Waals surface area (Å²) in [5.41, 5.74) is 0.765. The number of nitrogens with zero attached hydrogens (tertiary/aromatic N) is 2. The van der Waals surface area contributed by atoms with Crippen LogP contribution in [0.5, 0.6) is 0 Å². The molecule has 74 valence electrons. The molecule has 3 nitrogen and oxygen atoms in total. The molecule has 0 spiro atoms. The second kappa shape index (κ2) is 3.80. The van der Waals surface area contributed by atoms with E-state index in [0.717, 1.165) is 25.1 Å². The van der Waals surface area contributed by atoms with Gasteiger partial charge in [-0.05, 0) is 18.6 Å². The van der Waals surface area contributed by atoms with Crippen molar-refractivity contribution < 1.29 is 4.79 Å². The minimum atomic E-state index is 0.102. The maximum Gasteiger partial charge on any atom is 0.268 e. The van der Waals surface area contributed by atoms with Crippen molar-refractivity contribution in [3.63, 3.8) is 0 Å². The average molecular weight is 190 g/mol. The third-order valence-electron chi connectivity index (χ3n) is 2.52. The monoisotopic (exact) mass is 190 g/mol. The van der Waals surface area contributed by atoms with Gasteiger partial charge in [0.1, 0.15) is 0 Å². The van der Waals surface area contributed by atoms with E-state index >= 15 is 0 Å². The summed E-state index contributed by atoms with van der Waals surface area (Å²) < 4.78 is 0. The van der Waals surface area contributed by atoms with E-state index in [1.165, 1.54) is 0 Å². The summed E-state index contributed by atoms with van der Waals surface area (Å²) >= 11 is 0. The van der Waals surface area contributed by atoms with Crippen LogP contribution < -0.4 is 0 Å². The van der Waals surface area contributed by atoms with Gasteiger partial charge < -0.3 is 0 Å². The highest BCUT2D eigenvalue weighted by atomic mass is 16.2. The highest BCUT2D eigenvalue weighted by Gasteiger charge is 2.23. The molecule has 1 aromatic carbocycles. The predicted molar refractivity (Wildman–Crippen MR) is 54.7 cm³/mol. The zero-order valence-corrected chi connectivity index (χ0v) is 8.31. The van der Waals surface area contributed by atoms with Gasteiger partial charge in [0.2, 0.25) is 0 Å². The maximum atomic E-state index is 11.9. The normalized spacial score (nSPS) is 17.4. The van der Waals surface area contributed by atoms with E-state index in [2.05, 4.69) is 0 Å². The second-order valence-corrected chi connectivity index (χ2v) is 3.53. The van der Waals surface area contributed by atoms with E-state index in [-0.39, 0.29) is 5.91 Å². The van der Waals surface area contributed by atoms with Crippen molar-refractivity contribution >= 4 is 5.91 Å². The Morgan fingerprint density at radius 1 is 1.21 bits per heavy atom. The molecule has 14 heavy (non-hydrogen) atoms. The molecule has 1 amide bonds. The first-order valence-corrected chi connectivity index (χ1v) is 4.87. The maximum absolute atomic E-state index is 11.9. The van der Waals surface area contributed by atoms with Crippen molar-refractivity contribution in [2.45, 2.75) is 6.42 Å². The molecule has 1 aliphatic rings. The molecule has 0 bridgehead atoms. The lowest BCUT2D eigenvalue weighted by molar-refractivity contribution is 0.0341. The van der Waals surface area contributed by atoms with Crippen LogP contribution in [-0.2, 0) is 0 Å². The van der Waals surface area contributed by atoms with Gasteiger partial charge >= 0.3 is 0 Å². The van der Waals surface area contributed by atoms with Crippen LogP contribution in [-0.4, -0.2) is 36.1 Å². The third-order valence-corrected chi connectivity index (χ3v) is 2.52. The summed E-state index contributed by atoms with van der Waals surface area (Å²) in [5.74, 6) is 0.102. The lowest BCUT2D eigenvalue weighted by atomic mass is 10.2.